The predicted octanol–water partition coefficient (Wildman–Crippen LogP) is 3.18. The molecule has 0 atom stereocenters. The van der Waals surface area contributed by atoms with E-state index >= 15 is 0 Å². The summed E-state index contributed by atoms with van der Waals surface area (Å²) in [6, 6.07) is 11.9. The van der Waals surface area contributed by atoms with E-state index in [-0.39, 0.29) is 17.2 Å². The molecule has 9 heteroatoms. The Bertz CT molecular complexity index is 967. The minimum Gasteiger partial charge on any atom is -0.478 e. The lowest BCUT2D eigenvalue weighted by atomic mass is 10.2. The van der Waals surface area contributed by atoms with E-state index in [2.05, 4.69) is 10.3 Å². The van der Waals surface area contributed by atoms with Crippen molar-refractivity contribution in [3.63, 3.8) is 0 Å². The van der Waals surface area contributed by atoms with Gasteiger partial charge in [0.25, 0.3) is 11.6 Å². The summed E-state index contributed by atoms with van der Waals surface area (Å²) in [7, 11) is 0. The van der Waals surface area contributed by atoms with E-state index in [1.807, 2.05) is 0 Å². The molecule has 0 aliphatic carbocycles. The van der Waals surface area contributed by atoms with Gasteiger partial charge in [-0.15, -0.1) is 0 Å². The standard InChI is InChI=1S/C17H11N3O5S/c21-15-14(9-10-2-1-3-13(8-10)20(24)25)26-17(19-15)18-12-6-4-11(5-7-12)16(22)23/h1-9H,(H,22,23)(H,18,19,21)/b14-9-. The Kier molecular flexibility index (Phi) is 4.81. The molecule has 2 aromatic carbocycles. The van der Waals surface area contributed by atoms with Crippen molar-refractivity contribution in [1.82, 2.24) is 5.32 Å². The monoisotopic (exact) mass is 369 g/mol. The number of amides is 1. The van der Waals surface area contributed by atoms with E-state index in [1.54, 1.807) is 18.2 Å². The minimum absolute atomic E-state index is 0.0600. The molecule has 26 heavy (non-hydrogen) atoms. The summed E-state index contributed by atoms with van der Waals surface area (Å²) >= 11 is 1.10. The molecular weight excluding hydrogens is 358 g/mol. The second kappa shape index (κ2) is 7.19. The number of nitrogens with zero attached hydrogens (tertiary/aromatic N) is 2. The Labute approximate surface area is 151 Å². The smallest absolute Gasteiger partial charge is 0.335 e. The Morgan fingerprint density at radius 1 is 1.23 bits per heavy atom. The van der Waals surface area contributed by atoms with Gasteiger partial charge in [-0.2, -0.15) is 0 Å². The van der Waals surface area contributed by atoms with Gasteiger partial charge < -0.3 is 10.4 Å². The van der Waals surface area contributed by atoms with Crippen LogP contribution in [-0.2, 0) is 4.79 Å². The fraction of sp³-hybridized carbons (Fsp3) is 0. The molecule has 3 rings (SSSR count). The molecule has 1 heterocycles. The Balaban J connectivity index is 1.80. The maximum Gasteiger partial charge on any atom is 0.335 e. The molecule has 0 unspecified atom stereocenters. The van der Waals surface area contributed by atoms with Crippen LogP contribution < -0.4 is 5.32 Å². The van der Waals surface area contributed by atoms with E-state index in [4.69, 9.17) is 5.11 Å². The number of amidine groups is 1. The largest absolute Gasteiger partial charge is 0.478 e. The quantitative estimate of drug-likeness (QED) is 0.485. The van der Waals surface area contributed by atoms with Gasteiger partial charge in [0.15, 0.2) is 5.17 Å². The molecule has 1 aliphatic heterocycles. The van der Waals surface area contributed by atoms with Crippen LogP contribution in [0.3, 0.4) is 0 Å². The summed E-state index contributed by atoms with van der Waals surface area (Å²) in [5.74, 6) is -1.39. The topological polar surface area (TPSA) is 122 Å². The summed E-state index contributed by atoms with van der Waals surface area (Å²) in [5.41, 5.74) is 1.11. The summed E-state index contributed by atoms with van der Waals surface area (Å²) < 4.78 is 0. The van der Waals surface area contributed by atoms with E-state index in [0.717, 1.165) is 11.8 Å². The lowest BCUT2D eigenvalue weighted by molar-refractivity contribution is -0.384. The SMILES string of the molecule is O=C1NC(=Nc2ccc(C(=O)O)cc2)S/C1=C\c1cccc([N+](=O)[O-])c1. The highest BCUT2D eigenvalue weighted by atomic mass is 32.2. The average molecular weight is 369 g/mol. The number of carboxylic acid groups (broad SMARTS) is 1. The first-order valence-electron chi connectivity index (χ1n) is 7.30. The molecule has 2 aromatic rings. The number of nitro benzene ring substituents is 1. The van der Waals surface area contributed by atoms with Gasteiger partial charge in [0.2, 0.25) is 0 Å². The first kappa shape index (κ1) is 17.4. The highest BCUT2D eigenvalue weighted by Gasteiger charge is 2.24. The van der Waals surface area contributed by atoms with Crippen LogP contribution in [0, 0.1) is 10.1 Å². The zero-order chi connectivity index (χ0) is 18.7. The van der Waals surface area contributed by atoms with Crippen LogP contribution in [0.4, 0.5) is 11.4 Å². The van der Waals surface area contributed by atoms with Gasteiger partial charge in [-0.1, -0.05) is 12.1 Å². The summed E-state index contributed by atoms with van der Waals surface area (Å²) in [5, 5.41) is 22.6. The van der Waals surface area contributed by atoms with Crippen molar-refractivity contribution in [2.75, 3.05) is 0 Å². The number of carboxylic acids is 1. The fourth-order valence-corrected chi connectivity index (χ4v) is 3.00. The molecule has 0 aromatic heterocycles. The van der Waals surface area contributed by atoms with Gasteiger partial charge in [0.05, 0.1) is 21.1 Å². The molecule has 0 spiro atoms. The average Bonchev–Trinajstić information content (AvgIpc) is 2.94. The maximum absolute atomic E-state index is 12.0. The molecule has 1 amide bonds. The van der Waals surface area contributed by atoms with Crippen molar-refractivity contribution < 1.29 is 19.6 Å². The van der Waals surface area contributed by atoms with Crippen molar-refractivity contribution in [3.05, 3.63) is 74.7 Å². The first-order chi connectivity index (χ1) is 12.4. The number of hydrogen-bond acceptors (Lipinski definition) is 6. The highest BCUT2D eigenvalue weighted by Crippen LogP contribution is 2.28. The van der Waals surface area contributed by atoms with Crippen molar-refractivity contribution in [3.8, 4) is 0 Å². The molecule has 1 saturated heterocycles. The number of rotatable bonds is 4. The van der Waals surface area contributed by atoms with Crippen LogP contribution in [0.2, 0.25) is 0 Å². The third kappa shape index (κ3) is 3.95. The number of nitrogens with one attached hydrogen (secondary N) is 1. The Morgan fingerprint density at radius 2 is 1.96 bits per heavy atom. The van der Waals surface area contributed by atoms with E-state index in [1.165, 1.54) is 36.4 Å². The van der Waals surface area contributed by atoms with E-state index in [9.17, 15) is 19.7 Å². The summed E-state index contributed by atoms with van der Waals surface area (Å²) in [4.78, 5) is 37.8. The Morgan fingerprint density at radius 3 is 2.62 bits per heavy atom. The van der Waals surface area contributed by atoms with E-state index < -0.39 is 10.9 Å². The highest BCUT2D eigenvalue weighted by molar-refractivity contribution is 8.18. The number of aromatic carboxylic acids is 1. The van der Waals surface area contributed by atoms with Crippen LogP contribution in [0.5, 0.6) is 0 Å². The lowest BCUT2D eigenvalue weighted by Crippen LogP contribution is -2.19. The second-order valence-corrected chi connectivity index (χ2v) is 6.22. The molecule has 0 bridgehead atoms. The Hall–Kier alpha value is -3.46. The summed E-state index contributed by atoms with van der Waals surface area (Å²) in [6.07, 6.45) is 1.54. The third-order valence-electron chi connectivity index (χ3n) is 3.37. The zero-order valence-corrected chi connectivity index (χ0v) is 13.9. The third-order valence-corrected chi connectivity index (χ3v) is 4.28. The fourth-order valence-electron chi connectivity index (χ4n) is 2.16. The molecule has 0 saturated carbocycles. The molecule has 130 valence electrons. The molecule has 1 aliphatic rings. The molecule has 1 fully saturated rings. The van der Waals surface area contributed by atoms with Crippen molar-refractivity contribution >= 4 is 46.3 Å². The van der Waals surface area contributed by atoms with Crippen molar-refractivity contribution in [2.45, 2.75) is 0 Å². The van der Waals surface area contributed by atoms with Crippen molar-refractivity contribution in [2.24, 2.45) is 4.99 Å². The number of hydrogen-bond donors (Lipinski definition) is 2. The van der Waals surface area contributed by atoms with Gasteiger partial charge in [0, 0.05) is 12.1 Å². The molecular formula is C17H11N3O5S. The number of aliphatic imine (C=N–C) groups is 1. The van der Waals surface area contributed by atoms with Crippen LogP contribution in [0.25, 0.3) is 6.08 Å². The number of benzene rings is 2. The van der Waals surface area contributed by atoms with Gasteiger partial charge in [0.1, 0.15) is 0 Å². The van der Waals surface area contributed by atoms with Gasteiger partial charge in [-0.25, -0.2) is 9.79 Å². The minimum atomic E-state index is -1.03. The van der Waals surface area contributed by atoms with Gasteiger partial charge in [-0.3, -0.25) is 14.9 Å². The number of non-ortho nitro benzene ring substituents is 1. The lowest BCUT2D eigenvalue weighted by Gasteiger charge is -1.97. The van der Waals surface area contributed by atoms with Crippen LogP contribution >= 0.6 is 11.8 Å². The number of carbonyl (C=O) groups excluding carboxylic acids is 1. The molecule has 0 radical (unpaired) electrons. The predicted molar refractivity (Wildman–Crippen MR) is 97.3 cm³/mol. The van der Waals surface area contributed by atoms with E-state index in [0.29, 0.717) is 21.3 Å². The van der Waals surface area contributed by atoms with Crippen LogP contribution in [-0.4, -0.2) is 27.1 Å². The first-order valence-corrected chi connectivity index (χ1v) is 8.11. The maximum atomic E-state index is 12.0. The zero-order valence-electron chi connectivity index (χ0n) is 13.1. The van der Waals surface area contributed by atoms with Gasteiger partial charge >= 0.3 is 5.97 Å². The number of carbonyl (C=O) groups is 2. The van der Waals surface area contributed by atoms with Crippen molar-refractivity contribution in [1.29, 1.82) is 0 Å². The molecule has 2 N–H and O–H groups in total. The number of nitro groups is 1. The van der Waals surface area contributed by atoms with Gasteiger partial charge in [-0.05, 0) is 47.7 Å². The van der Waals surface area contributed by atoms with Crippen LogP contribution in [0.15, 0.2) is 58.4 Å². The normalized spacial score (nSPS) is 16.7. The second-order valence-electron chi connectivity index (χ2n) is 5.19. The molecule has 8 nitrogen and oxygen atoms in total. The number of thioether (sulfide) groups is 1. The summed E-state index contributed by atoms with van der Waals surface area (Å²) in [6.45, 7) is 0. The van der Waals surface area contributed by atoms with Crippen LogP contribution in [0.1, 0.15) is 15.9 Å².